The Morgan fingerprint density at radius 2 is 2.00 bits per heavy atom. The largest absolute Gasteiger partial charge is 0.493 e. The van der Waals surface area contributed by atoms with Crippen LogP contribution in [0.15, 0.2) is 12.1 Å². The number of aliphatic carboxylic acids is 1. The van der Waals surface area contributed by atoms with Gasteiger partial charge in [0, 0.05) is 13.0 Å². The second-order valence-corrected chi connectivity index (χ2v) is 5.29. The van der Waals surface area contributed by atoms with Crippen LogP contribution in [0.1, 0.15) is 25.8 Å². The van der Waals surface area contributed by atoms with Gasteiger partial charge in [-0.3, -0.25) is 4.79 Å². The summed E-state index contributed by atoms with van der Waals surface area (Å²) in [5.41, 5.74) is 0.820. The number of carbonyl (C=O) groups is 1. The summed E-state index contributed by atoms with van der Waals surface area (Å²) in [5.74, 6) is 0.206. The molecule has 0 aliphatic heterocycles. The summed E-state index contributed by atoms with van der Waals surface area (Å²) in [6.07, 6.45) is 0.465. The van der Waals surface area contributed by atoms with Gasteiger partial charge in [0.15, 0.2) is 11.5 Å². The maximum Gasteiger partial charge on any atom is 0.303 e. The zero-order chi connectivity index (χ0) is 16.5. The van der Waals surface area contributed by atoms with Crippen molar-refractivity contribution in [2.45, 2.75) is 26.7 Å². The van der Waals surface area contributed by atoms with Crippen LogP contribution >= 0.6 is 11.6 Å². The highest BCUT2D eigenvalue weighted by atomic mass is 35.5. The maximum atomic E-state index is 10.6. The van der Waals surface area contributed by atoms with E-state index in [-0.39, 0.29) is 6.42 Å². The van der Waals surface area contributed by atoms with E-state index < -0.39 is 5.97 Å². The van der Waals surface area contributed by atoms with Gasteiger partial charge in [-0.15, -0.1) is 0 Å². The minimum absolute atomic E-state index is 0.0572. The molecule has 0 spiro atoms. The predicted octanol–water partition coefficient (Wildman–Crippen LogP) is 3.09. The molecule has 0 saturated heterocycles. The van der Waals surface area contributed by atoms with Crippen molar-refractivity contribution in [1.29, 1.82) is 0 Å². The molecule has 6 heteroatoms. The topological polar surface area (TPSA) is 59.0 Å². The molecular formula is C16H24ClNO4. The zero-order valence-corrected chi connectivity index (χ0v) is 14.2. The summed E-state index contributed by atoms with van der Waals surface area (Å²) in [4.78, 5) is 12.9. The molecule has 1 rings (SSSR count). The Bertz CT molecular complexity index is 489. The third-order valence-electron chi connectivity index (χ3n) is 3.47. The number of nitrogens with zero attached hydrogens (tertiary/aromatic N) is 1. The van der Waals surface area contributed by atoms with Crippen LogP contribution in [0.2, 0.25) is 5.02 Å². The lowest BCUT2D eigenvalue weighted by atomic mass is 10.1. The molecule has 0 radical (unpaired) electrons. The van der Waals surface area contributed by atoms with E-state index in [2.05, 4.69) is 18.7 Å². The molecule has 0 atom stereocenters. The quantitative estimate of drug-likeness (QED) is 0.715. The average Bonchev–Trinajstić information content (AvgIpc) is 2.50. The van der Waals surface area contributed by atoms with E-state index in [1.165, 1.54) is 0 Å². The first kappa shape index (κ1) is 18.6. The molecule has 1 aromatic carbocycles. The van der Waals surface area contributed by atoms with Gasteiger partial charge in [0.1, 0.15) is 6.61 Å². The molecule has 22 heavy (non-hydrogen) atoms. The van der Waals surface area contributed by atoms with Crippen LogP contribution < -0.4 is 9.47 Å². The van der Waals surface area contributed by atoms with Gasteiger partial charge in [-0.2, -0.15) is 0 Å². The van der Waals surface area contributed by atoms with E-state index in [1.807, 2.05) is 0 Å². The van der Waals surface area contributed by atoms with E-state index in [0.29, 0.717) is 29.5 Å². The Kier molecular flexibility index (Phi) is 8.06. The van der Waals surface area contributed by atoms with E-state index in [0.717, 1.165) is 25.2 Å². The van der Waals surface area contributed by atoms with Gasteiger partial charge in [0.05, 0.1) is 12.1 Å². The van der Waals surface area contributed by atoms with Crippen molar-refractivity contribution in [3.63, 3.8) is 0 Å². The summed E-state index contributed by atoms with van der Waals surface area (Å²) < 4.78 is 11.1. The molecule has 0 aliphatic carbocycles. The van der Waals surface area contributed by atoms with Crippen LogP contribution in [-0.2, 0) is 11.2 Å². The smallest absolute Gasteiger partial charge is 0.303 e. The Morgan fingerprint density at radius 3 is 2.55 bits per heavy atom. The minimum atomic E-state index is -0.838. The molecule has 0 heterocycles. The maximum absolute atomic E-state index is 10.6. The lowest BCUT2D eigenvalue weighted by Gasteiger charge is -2.19. The number of hydrogen-bond acceptors (Lipinski definition) is 4. The molecule has 0 fully saturated rings. The standard InChI is InChI=1S/C16H24ClNO4/c1-4-18(5-2)8-9-22-16-13(17)10-12(6-7-15(19)20)11-14(16)21-3/h10-11H,4-9H2,1-3H3,(H,19,20). The van der Waals surface area contributed by atoms with E-state index in [9.17, 15) is 4.79 Å². The monoisotopic (exact) mass is 329 g/mol. The molecule has 5 nitrogen and oxygen atoms in total. The molecule has 0 amide bonds. The van der Waals surface area contributed by atoms with Crippen LogP contribution in [-0.4, -0.2) is 49.3 Å². The van der Waals surface area contributed by atoms with Gasteiger partial charge in [0.25, 0.3) is 0 Å². The van der Waals surface area contributed by atoms with Gasteiger partial charge in [-0.1, -0.05) is 25.4 Å². The molecule has 1 N–H and O–H groups in total. The van der Waals surface area contributed by atoms with Gasteiger partial charge >= 0.3 is 5.97 Å². The number of halogens is 1. The van der Waals surface area contributed by atoms with Crippen molar-refractivity contribution < 1.29 is 19.4 Å². The number of carboxylic acid groups (broad SMARTS) is 1. The number of carboxylic acids is 1. The highest BCUT2D eigenvalue weighted by Gasteiger charge is 2.13. The highest BCUT2D eigenvalue weighted by molar-refractivity contribution is 6.32. The van der Waals surface area contributed by atoms with Crippen molar-refractivity contribution >= 4 is 17.6 Å². The van der Waals surface area contributed by atoms with Gasteiger partial charge in [0.2, 0.25) is 0 Å². The third-order valence-corrected chi connectivity index (χ3v) is 3.75. The highest BCUT2D eigenvalue weighted by Crippen LogP contribution is 2.36. The fourth-order valence-electron chi connectivity index (χ4n) is 2.13. The van der Waals surface area contributed by atoms with Gasteiger partial charge in [-0.05, 0) is 37.2 Å². The van der Waals surface area contributed by atoms with Crippen LogP contribution in [0.5, 0.6) is 11.5 Å². The van der Waals surface area contributed by atoms with Crippen molar-refractivity contribution in [3.05, 3.63) is 22.7 Å². The minimum Gasteiger partial charge on any atom is -0.493 e. The molecule has 0 aromatic heterocycles. The van der Waals surface area contributed by atoms with Gasteiger partial charge in [-0.25, -0.2) is 0 Å². The fourth-order valence-corrected chi connectivity index (χ4v) is 2.41. The fraction of sp³-hybridized carbons (Fsp3) is 0.562. The van der Waals surface area contributed by atoms with Crippen LogP contribution in [0.4, 0.5) is 0 Å². The summed E-state index contributed by atoms with van der Waals surface area (Å²) in [6, 6.07) is 3.52. The molecule has 0 bridgehead atoms. The molecule has 0 saturated carbocycles. The second kappa shape index (κ2) is 9.54. The molecule has 0 unspecified atom stereocenters. The van der Waals surface area contributed by atoms with Crippen molar-refractivity contribution in [1.82, 2.24) is 4.90 Å². The molecule has 0 aliphatic rings. The summed E-state index contributed by atoms with van der Waals surface area (Å²) in [6.45, 7) is 7.49. The first-order valence-electron chi connectivity index (χ1n) is 7.45. The third kappa shape index (κ3) is 5.73. The lowest BCUT2D eigenvalue weighted by molar-refractivity contribution is -0.136. The van der Waals surface area contributed by atoms with E-state index >= 15 is 0 Å². The van der Waals surface area contributed by atoms with Crippen LogP contribution in [0.3, 0.4) is 0 Å². The van der Waals surface area contributed by atoms with Crippen LogP contribution in [0.25, 0.3) is 0 Å². The second-order valence-electron chi connectivity index (χ2n) is 4.88. The number of ether oxygens (including phenoxy) is 2. The van der Waals surface area contributed by atoms with Crippen LogP contribution in [0, 0.1) is 0 Å². The van der Waals surface area contributed by atoms with Crippen molar-refractivity contribution in [2.75, 3.05) is 33.4 Å². The number of methoxy groups -OCH3 is 1. The predicted molar refractivity (Wildman–Crippen MR) is 87.2 cm³/mol. The zero-order valence-electron chi connectivity index (χ0n) is 13.4. The number of benzene rings is 1. The van der Waals surface area contributed by atoms with E-state index in [4.69, 9.17) is 26.2 Å². The molecular weight excluding hydrogens is 306 g/mol. The lowest BCUT2D eigenvalue weighted by Crippen LogP contribution is -2.28. The SMILES string of the molecule is CCN(CC)CCOc1c(Cl)cc(CCC(=O)O)cc1OC. The Hall–Kier alpha value is -1.46. The summed E-state index contributed by atoms with van der Waals surface area (Å²) >= 11 is 6.25. The first-order valence-corrected chi connectivity index (χ1v) is 7.82. The Morgan fingerprint density at radius 1 is 1.32 bits per heavy atom. The van der Waals surface area contributed by atoms with Crippen molar-refractivity contribution in [3.8, 4) is 11.5 Å². The number of likely N-dealkylation sites (N-methyl/N-ethyl adjacent to an activating group) is 1. The first-order chi connectivity index (χ1) is 10.5. The Balaban J connectivity index is 2.75. The number of aryl methyl sites for hydroxylation is 1. The summed E-state index contributed by atoms with van der Waals surface area (Å²) in [5, 5.41) is 9.19. The average molecular weight is 330 g/mol. The number of rotatable bonds is 10. The van der Waals surface area contributed by atoms with Gasteiger partial charge < -0.3 is 19.5 Å². The Labute approximate surface area is 136 Å². The molecule has 124 valence electrons. The summed E-state index contributed by atoms with van der Waals surface area (Å²) in [7, 11) is 1.55. The van der Waals surface area contributed by atoms with Crippen molar-refractivity contribution in [2.24, 2.45) is 0 Å². The normalized spacial score (nSPS) is 10.8. The van der Waals surface area contributed by atoms with E-state index in [1.54, 1.807) is 19.2 Å². The number of hydrogen-bond donors (Lipinski definition) is 1. The molecule has 1 aromatic rings.